The average molecular weight is 383 g/mol. The molecule has 1 aromatic carbocycles. The monoisotopic (exact) mass is 382 g/mol. The van der Waals surface area contributed by atoms with Gasteiger partial charge in [-0.05, 0) is 42.5 Å². The number of benzene rings is 1. The lowest BCUT2D eigenvalue weighted by atomic mass is 10.1. The zero-order chi connectivity index (χ0) is 19.9. The second-order valence-corrected chi connectivity index (χ2v) is 7.56. The van der Waals surface area contributed by atoms with Gasteiger partial charge in [-0.3, -0.25) is 4.79 Å². The van der Waals surface area contributed by atoms with Crippen molar-refractivity contribution in [3.63, 3.8) is 0 Å². The van der Waals surface area contributed by atoms with Crippen LogP contribution in [0.5, 0.6) is 5.75 Å². The quantitative estimate of drug-likeness (QED) is 0.820. The van der Waals surface area contributed by atoms with Crippen LogP contribution in [0.4, 0.5) is 5.95 Å². The summed E-state index contributed by atoms with van der Waals surface area (Å²) in [5.74, 6) is 1.55. The largest absolute Gasteiger partial charge is 0.497 e. The molecule has 28 heavy (non-hydrogen) atoms. The van der Waals surface area contributed by atoms with Crippen molar-refractivity contribution in [2.75, 3.05) is 25.1 Å². The highest BCUT2D eigenvalue weighted by molar-refractivity contribution is 5.92. The molecule has 1 aliphatic heterocycles. The van der Waals surface area contributed by atoms with Crippen molar-refractivity contribution in [1.29, 1.82) is 0 Å². The van der Waals surface area contributed by atoms with E-state index in [2.05, 4.69) is 29.0 Å². The van der Waals surface area contributed by atoms with Crippen molar-refractivity contribution >= 4 is 11.9 Å². The van der Waals surface area contributed by atoms with E-state index in [1.807, 2.05) is 30.3 Å². The van der Waals surface area contributed by atoms with Crippen LogP contribution in [0.25, 0.3) is 0 Å². The molecule has 2 aromatic rings. The summed E-state index contributed by atoms with van der Waals surface area (Å²) in [5.41, 5.74) is 2.36. The number of hydrogen-bond acceptors (Lipinski definition) is 5. The molecule has 6 nitrogen and oxygen atoms in total. The van der Waals surface area contributed by atoms with Gasteiger partial charge in [0, 0.05) is 25.3 Å². The molecule has 1 saturated heterocycles. The summed E-state index contributed by atoms with van der Waals surface area (Å²) in [4.78, 5) is 24.3. The Morgan fingerprint density at radius 1 is 1.11 bits per heavy atom. The van der Waals surface area contributed by atoms with Crippen LogP contribution in [0, 0.1) is 0 Å². The van der Waals surface area contributed by atoms with Crippen molar-refractivity contribution in [3.8, 4) is 5.75 Å². The van der Waals surface area contributed by atoms with E-state index < -0.39 is 0 Å². The maximum absolute atomic E-state index is 12.8. The molecular weight excluding hydrogens is 352 g/mol. The predicted octanol–water partition coefficient (Wildman–Crippen LogP) is 3.92. The maximum Gasteiger partial charge on any atom is 0.270 e. The Hall–Kier alpha value is -2.63. The summed E-state index contributed by atoms with van der Waals surface area (Å²) in [5, 5.41) is 2.97. The molecule has 2 heterocycles. The van der Waals surface area contributed by atoms with E-state index in [1.165, 1.54) is 12.8 Å². The number of methoxy groups -OCH3 is 1. The van der Waals surface area contributed by atoms with E-state index in [1.54, 1.807) is 7.11 Å². The molecule has 150 valence electrons. The number of ether oxygens (including phenoxy) is 1. The fourth-order valence-electron chi connectivity index (χ4n) is 3.29. The molecule has 0 atom stereocenters. The van der Waals surface area contributed by atoms with E-state index in [0.717, 1.165) is 42.9 Å². The van der Waals surface area contributed by atoms with Crippen LogP contribution >= 0.6 is 0 Å². The summed E-state index contributed by atoms with van der Waals surface area (Å²) >= 11 is 0. The molecule has 1 fully saturated rings. The number of carbonyl (C=O) groups is 1. The highest BCUT2D eigenvalue weighted by atomic mass is 16.5. The lowest BCUT2D eigenvalue weighted by molar-refractivity contribution is 0.0945. The molecule has 0 unspecified atom stereocenters. The molecule has 1 N–H and O–H groups in total. The predicted molar refractivity (Wildman–Crippen MR) is 111 cm³/mol. The van der Waals surface area contributed by atoms with E-state index in [9.17, 15) is 4.79 Å². The van der Waals surface area contributed by atoms with E-state index >= 15 is 0 Å². The Morgan fingerprint density at radius 3 is 2.39 bits per heavy atom. The number of nitrogens with zero attached hydrogens (tertiary/aromatic N) is 3. The lowest BCUT2D eigenvalue weighted by Gasteiger charge is -2.22. The molecule has 0 bridgehead atoms. The molecule has 0 aliphatic carbocycles. The van der Waals surface area contributed by atoms with Gasteiger partial charge in [0.15, 0.2) is 0 Å². The third kappa shape index (κ3) is 5.21. The minimum absolute atomic E-state index is 0.170. The lowest BCUT2D eigenvalue weighted by Crippen LogP contribution is -2.29. The molecule has 1 aromatic heterocycles. The van der Waals surface area contributed by atoms with Gasteiger partial charge in [-0.15, -0.1) is 0 Å². The zero-order valence-corrected chi connectivity index (χ0v) is 17.1. The Kier molecular flexibility index (Phi) is 6.85. The van der Waals surface area contributed by atoms with Crippen molar-refractivity contribution in [3.05, 3.63) is 47.3 Å². The SMILES string of the molecule is COc1ccc(CNC(=O)c2cc(C(C)C)nc(N3CCCCCC3)n2)cc1. The highest BCUT2D eigenvalue weighted by Gasteiger charge is 2.18. The fourth-order valence-corrected chi connectivity index (χ4v) is 3.29. The average Bonchev–Trinajstić information content (AvgIpc) is 3.01. The number of aromatic nitrogens is 2. The molecule has 1 aliphatic rings. The third-order valence-electron chi connectivity index (χ3n) is 5.06. The van der Waals surface area contributed by atoms with Gasteiger partial charge >= 0.3 is 0 Å². The number of hydrogen-bond donors (Lipinski definition) is 1. The van der Waals surface area contributed by atoms with Crippen LogP contribution in [-0.4, -0.2) is 36.1 Å². The first-order valence-electron chi connectivity index (χ1n) is 10.1. The van der Waals surface area contributed by atoms with Gasteiger partial charge in [0.05, 0.1) is 7.11 Å². The zero-order valence-electron chi connectivity index (χ0n) is 17.1. The molecule has 3 rings (SSSR count). The maximum atomic E-state index is 12.8. The number of amides is 1. The van der Waals surface area contributed by atoms with E-state index in [-0.39, 0.29) is 11.8 Å². The molecule has 6 heteroatoms. The highest BCUT2D eigenvalue weighted by Crippen LogP contribution is 2.20. The summed E-state index contributed by atoms with van der Waals surface area (Å²) in [6.45, 7) is 6.53. The fraction of sp³-hybridized carbons (Fsp3) is 0.500. The van der Waals surface area contributed by atoms with E-state index in [4.69, 9.17) is 9.72 Å². The number of anilines is 1. The van der Waals surface area contributed by atoms with Crippen molar-refractivity contribution in [2.45, 2.75) is 52.0 Å². The molecule has 0 saturated carbocycles. The van der Waals surface area contributed by atoms with Gasteiger partial charge in [0.25, 0.3) is 5.91 Å². The van der Waals surface area contributed by atoms with Gasteiger partial charge in [0.1, 0.15) is 11.4 Å². The molecular formula is C22H30N4O2. The summed E-state index contributed by atoms with van der Waals surface area (Å²) < 4.78 is 5.17. The Bertz CT molecular complexity index is 782. The molecule has 1 amide bonds. The van der Waals surface area contributed by atoms with Gasteiger partial charge in [-0.25, -0.2) is 9.97 Å². The van der Waals surface area contributed by atoms with Crippen molar-refractivity contribution in [2.24, 2.45) is 0 Å². The van der Waals surface area contributed by atoms with Gasteiger partial charge < -0.3 is 15.0 Å². The van der Waals surface area contributed by atoms with Crippen molar-refractivity contribution < 1.29 is 9.53 Å². The summed E-state index contributed by atoms with van der Waals surface area (Å²) in [7, 11) is 1.64. The summed E-state index contributed by atoms with van der Waals surface area (Å²) in [6, 6.07) is 9.49. The molecule has 0 spiro atoms. The van der Waals surface area contributed by atoms with Gasteiger partial charge in [0.2, 0.25) is 5.95 Å². The first-order chi connectivity index (χ1) is 13.6. The Balaban J connectivity index is 1.75. The standard InChI is InChI=1S/C22H30N4O2/c1-16(2)19-14-20(25-22(24-19)26-12-6-4-5-7-13-26)21(27)23-15-17-8-10-18(28-3)11-9-17/h8-11,14,16H,4-7,12-13,15H2,1-3H3,(H,23,27). The van der Waals surface area contributed by atoms with Crippen LogP contribution in [0.2, 0.25) is 0 Å². The topological polar surface area (TPSA) is 67.3 Å². The normalized spacial score (nSPS) is 14.6. The Labute approximate surface area is 167 Å². The van der Waals surface area contributed by atoms with Gasteiger partial charge in [-0.1, -0.05) is 38.8 Å². The second-order valence-electron chi connectivity index (χ2n) is 7.56. The number of nitrogens with one attached hydrogen (secondary N) is 1. The smallest absolute Gasteiger partial charge is 0.270 e. The first kappa shape index (κ1) is 20.1. The number of carbonyl (C=O) groups excluding carboxylic acids is 1. The summed E-state index contributed by atoms with van der Waals surface area (Å²) in [6.07, 6.45) is 4.79. The van der Waals surface area contributed by atoms with E-state index in [0.29, 0.717) is 18.2 Å². The Morgan fingerprint density at radius 2 is 1.79 bits per heavy atom. The first-order valence-corrected chi connectivity index (χ1v) is 10.1. The molecule has 0 radical (unpaired) electrons. The van der Waals surface area contributed by atoms with Crippen LogP contribution in [0.1, 0.15) is 67.2 Å². The minimum Gasteiger partial charge on any atom is -0.497 e. The van der Waals surface area contributed by atoms with Crippen LogP contribution in [-0.2, 0) is 6.54 Å². The third-order valence-corrected chi connectivity index (χ3v) is 5.06. The minimum atomic E-state index is -0.170. The van der Waals surface area contributed by atoms with Crippen LogP contribution in [0.3, 0.4) is 0 Å². The second kappa shape index (κ2) is 9.53. The number of rotatable bonds is 6. The van der Waals surface area contributed by atoms with Crippen LogP contribution < -0.4 is 15.0 Å². The van der Waals surface area contributed by atoms with Crippen molar-refractivity contribution in [1.82, 2.24) is 15.3 Å². The van der Waals surface area contributed by atoms with Gasteiger partial charge in [-0.2, -0.15) is 0 Å². The van der Waals surface area contributed by atoms with Crippen LogP contribution in [0.15, 0.2) is 30.3 Å².